The number of allylic oxidation sites excluding steroid dienone is 9. The van der Waals surface area contributed by atoms with Gasteiger partial charge in [0.25, 0.3) is 0 Å². The highest BCUT2D eigenvalue weighted by atomic mass is 14.7. The monoisotopic (exact) mass is 327 g/mol. The largest absolute Gasteiger partial charge is 0.261 e. The predicted octanol–water partition coefficient (Wildman–Crippen LogP) is 7.45. The first-order chi connectivity index (χ1) is 11.5. The molecule has 0 atom stereocenters. The normalized spacial score (nSPS) is 15.2. The molecule has 0 saturated heterocycles. The predicted molar refractivity (Wildman–Crippen MR) is 112 cm³/mol. The van der Waals surface area contributed by atoms with Crippen LogP contribution in [-0.2, 0) is 0 Å². The maximum Gasteiger partial charge on any atom is 0.0457 e. The lowest BCUT2D eigenvalue weighted by Gasteiger charge is -2.26. The van der Waals surface area contributed by atoms with Gasteiger partial charge in [0.05, 0.1) is 0 Å². The average Bonchev–Trinajstić information content (AvgIpc) is 2.57. The summed E-state index contributed by atoms with van der Waals surface area (Å²) in [4.78, 5) is 4.55. The molecule has 0 N–H and O–H groups in total. The lowest BCUT2D eigenvalue weighted by atomic mass is 9.79. The molecule has 0 aliphatic carbocycles. The van der Waals surface area contributed by atoms with E-state index in [9.17, 15) is 0 Å². The van der Waals surface area contributed by atoms with Crippen LogP contribution in [0.2, 0.25) is 0 Å². The van der Waals surface area contributed by atoms with Gasteiger partial charge in [-0.2, -0.15) is 0 Å². The molecule has 24 heavy (non-hydrogen) atoms. The zero-order valence-electron chi connectivity index (χ0n) is 16.8. The molecule has 134 valence electrons. The second-order valence-corrected chi connectivity index (χ2v) is 6.59. The number of hydrogen-bond donors (Lipinski definition) is 0. The summed E-state index contributed by atoms with van der Waals surface area (Å²) >= 11 is 0. The average molecular weight is 328 g/mol. The highest BCUT2D eigenvalue weighted by Crippen LogP contribution is 2.32. The van der Waals surface area contributed by atoms with Crippen LogP contribution in [0.5, 0.6) is 0 Å². The van der Waals surface area contributed by atoms with Crippen LogP contribution in [0, 0.1) is 11.3 Å². The number of hydrogen-bond acceptors (Lipinski definition) is 1. The molecule has 0 rings (SSSR count). The van der Waals surface area contributed by atoms with E-state index in [0.29, 0.717) is 5.92 Å². The van der Waals surface area contributed by atoms with Gasteiger partial charge in [-0.1, -0.05) is 76.3 Å². The maximum absolute atomic E-state index is 4.55. The SMILES string of the molecule is C/C=C\CC(C=C\C=C/C=C(C)/C(=N\C=C/C)C(C)C)(CC)CC. The Hall–Kier alpha value is -1.63. The van der Waals surface area contributed by atoms with Crippen LogP contribution < -0.4 is 0 Å². The molecule has 0 aliphatic rings. The first kappa shape index (κ1) is 22.4. The summed E-state index contributed by atoms with van der Waals surface area (Å²) < 4.78 is 0. The summed E-state index contributed by atoms with van der Waals surface area (Å²) in [7, 11) is 0. The molecule has 0 aromatic heterocycles. The van der Waals surface area contributed by atoms with Crippen molar-refractivity contribution in [2.24, 2.45) is 16.3 Å². The van der Waals surface area contributed by atoms with Crippen molar-refractivity contribution in [3.8, 4) is 0 Å². The molecular weight excluding hydrogens is 290 g/mol. The van der Waals surface area contributed by atoms with Crippen LogP contribution in [-0.4, -0.2) is 5.71 Å². The van der Waals surface area contributed by atoms with Crippen LogP contribution in [0.25, 0.3) is 0 Å². The molecule has 0 radical (unpaired) electrons. The van der Waals surface area contributed by atoms with Gasteiger partial charge in [0, 0.05) is 11.9 Å². The third kappa shape index (κ3) is 8.29. The molecule has 0 heterocycles. The fourth-order valence-corrected chi connectivity index (χ4v) is 2.67. The minimum absolute atomic E-state index is 0.284. The van der Waals surface area contributed by atoms with E-state index < -0.39 is 0 Å². The molecular formula is C23H37N. The smallest absolute Gasteiger partial charge is 0.0457 e. The summed E-state index contributed by atoms with van der Waals surface area (Å²) in [5, 5.41) is 0. The molecule has 1 nitrogen and oxygen atoms in total. The van der Waals surface area contributed by atoms with E-state index in [1.165, 1.54) is 18.4 Å². The van der Waals surface area contributed by atoms with Crippen LogP contribution in [0.1, 0.15) is 67.7 Å². The maximum atomic E-state index is 4.55. The standard InChI is InChI=1S/C23H37N/c1-8-12-17-23(10-3,11-4)18-15-13-14-16-21(7)22(20(5)6)24-19-9-2/h8-9,12-16,18-20H,10-11,17H2,1-7H3/b12-8-,14-13-,18-15?,19-9-,21-16+,24-22-. The van der Waals surface area contributed by atoms with E-state index in [2.05, 4.69) is 89.1 Å². The fourth-order valence-electron chi connectivity index (χ4n) is 2.67. The highest BCUT2D eigenvalue weighted by molar-refractivity contribution is 6.01. The summed E-state index contributed by atoms with van der Waals surface area (Å²) in [6.07, 6.45) is 22.7. The van der Waals surface area contributed by atoms with Crippen LogP contribution in [0.15, 0.2) is 65.4 Å². The second kappa shape index (κ2) is 12.8. The van der Waals surface area contributed by atoms with Gasteiger partial charge in [0.2, 0.25) is 0 Å². The van der Waals surface area contributed by atoms with Gasteiger partial charge < -0.3 is 0 Å². The minimum atomic E-state index is 0.284. The van der Waals surface area contributed by atoms with E-state index in [1.807, 2.05) is 19.2 Å². The highest BCUT2D eigenvalue weighted by Gasteiger charge is 2.20. The van der Waals surface area contributed by atoms with Crippen LogP contribution in [0.4, 0.5) is 0 Å². The van der Waals surface area contributed by atoms with Crippen molar-refractivity contribution in [3.05, 3.63) is 60.4 Å². The molecule has 0 fully saturated rings. The molecule has 0 spiro atoms. The number of rotatable bonds is 10. The molecule has 0 aliphatic heterocycles. The lowest BCUT2D eigenvalue weighted by Crippen LogP contribution is -2.14. The van der Waals surface area contributed by atoms with Crippen molar-refractivity contribution in [3.63, 3.8) is 0 Å². The van der Waals surface area contributed by atoms with E-state index in [-0.39, 0.29) is 5.41 Å². The molecule has 1 heteroatoms. The van der Waals surface area contributed by atoms with E-state index in [1.54, 1.807) is 0 Å². The number of nitrogens with zero attached hydrogens (tertiary/aromatic N) is 1. The molecule has 0 saturated carbocycles. The van der Waals surface area contributed by atoms with Gasteiger partial charge >= 0.3 is 0 Å². The van der Waals surface area contributed by atoms with E-state index in [0.717, 1.165) is 12.1 Å². The minimum Gasteiger partial charge on any atom is -0.261 e. The third-order valence-electron chi connectivity index (χ3n) is 4.50. The van der Waals surface area contributed by atoms with Gasteiger partial charge in [-0.15, -0.1) is 0 Å². The summed E-state index contributed by atoms with van der Waals surface area (Å²) in [5.41, 5.74) is 2.65. The van der Waals surface area contributed by atoms with Crippen molar-refractivity contribution in [2.75, 3.05) is 0 Å². The Kier molecular flexibility index (Phi) is 11.9. The Balaban J connectivity index is 5.06. The Morgan fingerprint density at radius 2 is 1.67 bits per heavy atom. The molecule has 0 aromatic carbocycles. The summed E-state index contributed by atoms with van der Waals surface area (Å²) in [6, 6.07) is 0. The first-order valence-corrected chi connectivity index (χ1v) is 9.29. The van der Waals surface area contributed by atoms with Crippen molar-refractivity contribution in [1.82, 2.24) is 0 Å². The van der Waals surface area contributed by atoms with Crippen molar-refractivity contribution >= 4 is 5.71 Å². The Morgan fingerprint density at radius 3 is 2.17 bits per heavy atom. The Bertz CT molecular complexity index is 506. The van der Waals surface area contributed by atoms with Gasteiger partial charge in [0.1, 0.15) is 0 Å². The van der Waals surface area contributed by atoms with E-state index >= 15 is 0 Å². The molecule has 0 aromatic rings. The van der Waals surface area contributed by atoms with Gasteiger partial charge in [-0.25, -0.2) is 0 Å². The third-order valence-corrected chi connectivity index (χ3v) is 4.50. The zero-order valence-corrected chi connectivity index (χ0v) is 16.8. The molecule has 0 bridgehead atoms. The Morgan fingerprint density at radius 1 is 1.00 bits per heavy atom. The van der Waals surface area contributed by atoms with Crippen LogP contribution >= 0.6 is 0 Å². The quantitative estimate of drug-likeness (QED) is 0.224. The zero-order chi connectivity index (χ0) is 18.4. The van der Waals surface area contributed by atoms with Crippen molar-refractivity contribution in [2.45, 2.75) is 67.7 Å². The second-order valence-electron chi connectivity index (χ2n) is 6.59. The van der Waals surface area contributed by atoms with Crippen molar-refractivity contribution < 1.29 is 0 Å². The summed E-state index contributed by atoms with van der Waals surface area (Å²) in [6.45, 7) is 15.1. The van der Waals surface area contributed by atoms with E-state index in [4.69, 9.17) is 0 Å². The summed E-state index contributed by atoms with van der Waals surface area (Å²) in [5.74, 6) is 0.426. The van der Waals surface area contributed by atoms with Gasteiger partial charge in [-0.3, -0.25) is 4.99 Å². The topological polar surface area (TPSA) is 12.4 Å². The molecule has 0 unspecified atom stereocenters. The van der Waals surface area contributed by atoms with Crippen LogP contribution in [0.3, 0.4) is 0 Å². The Labute approximate surface area is 150 Å². The first-order valence-electron chi connectivity index (χ1n) is 9.29. The van der Waals surface area contributed by atoms with Gasteiger partial charge in [-0.05, 0) is 56.9 Å². The molecule has 0 amide bonds. The lowest BCUT2D eigenvalue weighted by molar-refractivity contribution is 0.357. The van der Waals surface area contributed by atoms with Gasteiger partial charge in [0.15, 0.2) is 0 Å². The number of aliphatic imine (C=N–C) groups is 1. The van der Waals surface area contributed by atoms with Crippen molar-refractivity contribution in [1.29, 1.82) is 0 Å². The fraction of sp³-hybridized carbons (Fsp3) is 0.522.